The lowest BCUT2D eigenvalue weighted by Crippen LogP contribution is -2.28. The average Bonchev–Trinajstić information content (AvgIpc) is 2.50. The van der Waals surface area contributed by atoms with Crippen molar-refractivity contribution in [1.82, 2.24) is 5.32 Å². The van der Waals surface area contributed by atoms with Gasteiger partial charge < -0.3 is 10.1 Å². The van der Waals surface area contributed by atoms with Crippen LogP contribution in [0.15, 0.2) is 42.5 Å². The van der Waals surface area contributed by atoms with Crippen LogP contribution in [0, 0.1) is 5.82 Å². The van der Waals surface area contributed by atoms with Gasteiger partial charge in [0.15, 0.2) is 0 Å². The third-order valence-electron chi connectivity index (χ3n) is 3.35. The lowest BCUT2D eigenvalue weighted by atomic mass is 10.1. The SMILES string of the molecule is COc1ccccc1C(C)NC(=O)Cc1ccc(Cl)cc1F. The molecule has 0 heterocycles. The first-order valence-corrected chi connectivity index (χ1v) is 7.25. The topological polar surface area (TPSA) is 38.3 Å². The maximum absolute atomic E-state index is 13.7. The summed E-state index contributed by atoms with van der Waals surface area (Å²) in [7, 11) is 1.58. The summed E-state index contributed by atoms with van der Waals surface area (Å²) in [6, 6.07) is 11.5. The molecule has 1 amide bonds. The molecule has 3 nitrogen and oxygen atoms in total. The standard InChI is InChI=1S/C17H17ClFNO2/c1-11(14-5-3-4-6-16(14)22-2)20-17(21)9-12-7-8-13(18)10-15(12)19/h3-8,10-11H,9H2,1-2H3,(H,20,21). The smallest absolute Gasteiger partial charge is 0.225 e. The quantitative estimate of drug-likeness (QED) is 0.906. The average molecular weight is 322 g/mol. The van der Waals surface area contributed by atoms with Crippen LogP contribution in [0.4, 0.5) is 4.39 Å². The van der Waals surface area contributed by atoms with E-state index in [4.69, 9.17) is 16.3 Å². The lowest BCUT2D eigenvalue weighted by Gasteiger charge is -2.17. The minimum Gasteiger partial charge on any atom is -0.496 e. The van der Waals surface area contributed by atoms with E-state index in [1.54, 1.807) is 13.2 Å². The molecule has 5 heteroatoms. The molecule has 2 aromatic rings. The summed E-state index contributed by atoms with van der Waals surface area (Å²) in [6.45, 7) is 1.86. The summed E-state index contributed by atoms with van der Waals surface area (Å²) in [5.74, 6) is -0.0415. The van der Waals surface area contributed by atoms with Crippen LogP contribution in [0.1, 0.15) is 24.1 Å². The zero-order valence-electron chi connectivity index (χ0n) is 12.4. The number of halogens is 2. The van der Waals surface area contributed by atoms with Crippen molar-refractivity contribution in [3.63, 3.8) is 0 Å². The van der Waals surface area contributed by atoms with Crippen LogP contribution in [0.3, 0.4) is 0 Å². The molecule has 1 atom stereocenters. The number of ether oxygens (including phenoxy) is 1. The van der Waals surface area contributed by atoms with Gasteiger partial charge in [-0.2, -0.15) is 0 Å². The van der Waals surface area contributed by atoms with Gasteiger partial charge >= 0.3 is 0 Å². The van der Waals surface area contributed by atoms with Gasteiger partial charge in [0.25, 0.3) is 0 Å². The highest BCUT2D eigenvalue weighted by Crippen LogP contribution is 2.24. The molecule has 0 spiro atoms. The molecule has 0 aliphatic carbocycles. The van der Waals surface area contributed by atoms with Gasteiger partial charge in [0, 0.05) is 10.6 Å². The number of carbonyl (C=O) groups is 1. The summed E-state index contributed by atoms with van der Waals surface area (Å²) in [5, 5.41) is 3.15. The fourth-order valence-corrected chi connectivity index (χ4v) is 2.39. The monoisotopic (exact) mass is 321 g/mol. The van der Waals surface area contributed by atoms with Crippen molar-refractivity contribution in [2.45, 2.75) is 19.4 Å². The van der Waals surface area contributed by atoms with E-state index in [9.17, 15) is 9.18 Å². The number of hydrogen-bond donors (Lipinski definition) is 1. The van der Waals surface area contributed by atoms with Crippen LogP contribution in [-0.2, 0) is 11.2 Å². The first kappa shape index (κ1) is 16.3. The Morgan fingerprint density at radius 3 is 2.73 bits per heavy atom. The number of carbonyl (C=O) groups excluding carboxylic acids is 1. The molecule has 2 aromatic carbocycles. The molecule has 2 rings (SSSR count). The Bertz CT molecular complexity index is 675. The van der Waals surface area contributed by atoms with Gasteiger partial charge in [-0.15, -0.1) is 0 Å². The van der Waals surface area contributed by atoms with E-state index in [0.717, 1.165) is 5.56 Å². The molecular weight excluding hydrogens is 305 g/mol. The molecule has 0 radical (unpaired) electrons. The van der Waals surface area contributed by atoms with Crippen molar-refractivity contribution in [3.05, 3.63) is 64.4 Å². The van der Waals surface area contributed by atoms with Gasteiger partial charge in [0.1, 0.15) is 11.6 Å². The Morgan fingerprint density at radius 1 is 1.32 bits per heavy atom. The molecule has 1 N–H and O–H groups in total. The fourth-order valence-electron chi connectivity index (χ4n) is 2.23. The third kappa shape index (κ3) is 3.98. The zero-order chi connectivity index (χ0) is 16.1. The molecular formula is C17H17ClFNO2. The number of nitrogens with one attached hydrogen (secondary N) is 1. The van der Waals surface area contributed by atoms with E-state index in [0.29, 0.717) is 16.3 Å². The van der Waals surface area contributed by atoms with E-state index < -0.39 is 5.82 Å². The van der Waals surface area contributed by atoms with Gasteiger partial charge in [-0.3, -0.25) is 4.79 Å². The van der Waals surface area contributed by atoms with Crippen molar-refractivity contribution in [1.29, 1.82) is 0 Å². The Balaban J connectivity index is 2.05. The predicted molar refractivity (Wildman–Crippen MR) is 84.7 cm³/mol. The molecule has 0 aliphatic rings. The van der Waals surface area contributed by atoms with E-state index >= 15 is 0 Å². The van der Waals surface area contributed by atoms with E-state index in [1.807, 2.05) is 31.2 Å². The number of methoxy groups -OCH3 is 1. The van der Waals surface area contributed by atoms with Gasteiger partial charge in [0.2, 0.25) is 5.91 Å². The number of para-hydroxylation sites is 1. The number of amides is 1. The summed E-state index contributed by atoms with van der Waals surface area (Å²) in [5.41, 5.74) is 1.18. The van der Waals surface area contributed by atoms with Gasteiger partial charge in [-0.1, -0.05) is 35.9 Å². The minimum atomic E-state index is -0.479. The summed E-state index contributed by atoms with van der Waals surface area (Å²) in [4.78, 5) is 12.1. The van der Waals surface area contributed by atoms with Crippen LogP contribution in [0.2, 0.25) is 5.02 Å². The maximum Gasteiger partial charge on any atom is 0.225 e. The molecule has 0 aliphatic heterocycles. The number of rotatable bonds is 5. The van der Waals surface area contributed by atoms with E-state index in [1.165, 1.54) is 12.1 Å². The predicted octanol–water partition coefficient (Wildman–Crippen LogP) is 3.91. The van der Waals surface area contributed by atoms with E-state index in [2.05, 4.69) is 5.32 Å². The third-order valence-corrected chi connectivity index (χ3v) is 3.58. The normalized spacial score (nSPS) is 11.8. The summed E-state index contributed by atoms with van der Waals surface area (Å²) in [6.07, 6.45) is -0.0392. The summed E-state index contributed by atoms with van der Waals surface area (Å²) < 4.78 is 19.0. The van der Waals surface area contributed by atoms with Gasteiger partial charge in [0.05, 0.1) is 19.6 Å². The Hall–Kier alpha value is -2.07. The minimum absolute atomic E-state index is 0.0392. The maximum atomic E-state index is 13.7. The largest absolute Gasteiger partial charge is 0.496 e. The molecule has 22 heavy (non-hydrogen) atoms. The highest BCUT2D eigenvalue weighted by molar-refractivity contribution is 6.30. The summed E-state index contributed by atoms with van der Waals surface area (Å²) >= 11 is 5.70. The molecule has 116 valence electrons. The number of benzene rings is 2. The van der Waals surface area contributed by atoms with Crippen molar-refractivity contribution in [3.8, 4) is 5.75 Å². The molecule has 0 saturated carbocycles. The van der Waals surface area contributed by atoms with Crippen LogP contribution in [0.5, 0.6) is 5.75 Å². The molecule has 0 saturated heterocycles. The lowest BCUT2D eigenvalue weighted by molar-refractivity contribution is -0.121. The van der Waals surface area contributed by atoms with Crippen molar-refractivity contribution < 1.29 is 13.9 Å². The highest BCUT2D eigenvalue weighted by atomic mass is 35.5. The molecule has 0 aromatic heterocycles. The molecule has 0 fully saturated rings. The highest BCUT2D eigenvalue weighted by Gasteiger charge is 2.15. The molecule has 0 bridgehead atoms. The first-order chi connectivity index (χ1) is 10.5. The van der Waals surface area contributed by atoms with Gasteiger partial charge in [-0.05, 0) is 30.7 Å². The second kappa shape index (κ2) is 7.27. The van der Waals surface area contributed by atoms with Crippen molar-refractivity contribution >= 4 is 17.5 Å². The van der Waals surface area contributed by atoms with Crippen LogP contribution in [0.25, 0.3) is 0 Å². The van der Waals surface area contributed by atoms with Crippen molar-refractivity contribution in [2.24, 2.45) is 0 Å². The van der Waals surface area contributed by atoms with Crippen LogP contribution >= 0.6 is 11.6 Å². The Morgan fingerprint density at radius 2 is 2.05 bits per heavy atom. The zero-order valence-corrected chi connectivity index (χ0v) is 13.2. The second-order valence-electron chi connectivity index (χ2n) is 4.94. The number of hydrogen-bond acceptors (Lipinski definition) is 2. The molecule has 1 unspecified atom stereocenters. The van der Waals surface area contributed by atoms with Crippen LogP contribution < -0.4 is 10.1 Å². The van der Waals surface area contributed by atoms with Gasteiger partial charge in [-0.25, -0.2) is 4.39 Å². The van der Waals surface area contributed by atoms with Crippen LogP contribution in [-0.4, -0.2) is 13.0 Å². The fraction of sp³-hybridized carbons (Fsp3) is 0.235. The first-order valence-electron chi connectivity index (χ1n) is 6.87. The Kier molecular flexibility index (Phi) is 5.39. The second-order valence-corrected chi connectivity index (χ2v) is 5.38. The van der Waals surface area contributed by atoms with Crippen molar-refractivity contribution in [2.75, 3.05) is 7.11 Å². The van der Waals surface area contributed by atoms with E-state index in [-0.39, 0.29) is 18.4 Å². The Labute approximate surface area is 134 Å².